The molecular formula is C19H17F3N4O2. The summed E-state index contributed by atoms with van der Waals surface area (Å²) >= 11 is 0. The van der Waals surface area contributed by atoms with E-state index in [9.17, 15) is 18.0 Å². The third kappa shape index (κ3) is 3.39. The van der Waals surface area contributed by atoms with Crippen LogP contribution in [0, 0.1) is 6.92 Å². The maximum absolute atomic E-state index is 13.1. The molecule has 0 aliphatic heterocycles. The lowest BCUT2D eigenvalue weighted by Gasteiger charge is -2.08. The maximum atomic E-state index is 13.1. The highest BCUT2D eigenvalue weighted by Gasteiger charge is 2.38. The van der Waals surface area contributed by atoms with Gasteiger partial charge in [-0.2, -0.15) is 18.3 Å². The normalized spacial score (nSPS) is 14.4. The zero-order valence-corrected chi connectivity index (χ0v) is 15.0. The van der Waals surface area contributed by atoms with Crippen LogP contribution in [0.15, 0.2) is 34.9 Å². The summed E-state index contributed by atoms with van der Waals surface area (Å²) in [6.07, 6.45) is -2.44. The van der Waals surface area contributed by atoms with Gasteiger partial charge in [0.25, 0.3) is 5.91 Å². The number of hydrogen-bond donors (Lipinski definition) is 1. The fraction of sp³-hybridized carbons (Fsp3) is 0.316. The number of carbonyl (C=O) groups is 1. The van der Waals surface area contributed by atoms with Crippen molar-refractivity contribution in [1.82, 2.24) is 14.9 Å². The van der Waals surface area contributed by atoms with Crippen LogP contribution in [0.25, 0.3) is 5.69 Å². The van der Waals surface area contributed by atoms with Crippen LogP contribution < -0.4 is 5.73 Å². The van der Waals surface area contributed by atoms with Crippen molar-refractivity contribution >= 4 is 5.91 Å². The molecule has 0 unspecified atom stereocenters. The Morgan fingerprint density at radius 1 is 1.29 bits per heavy atom. The maximum Gasteiger partial charge on any atom is 0.435 e. The molecule has 28 heavy (non-hydrogen) atoms. The van der Waals surface area contributed by atoms with E-state index in [-0.39, 0.29) is 11.5 Å². The number of carbonyl (C=O) groups excluding carboxylic acids is 1. The average molecular weight is 390 g/mol. The number of primary amides is 1. The first-order chi connectivity index (χ1) is 13.2. The number of nitrogens with zero attached hydrogens (tertiary/aromatic N) is 3. The van der Waals surface area contributed by atoms with Crippen LogP contribution in [0.5, 0.6) is 0 Å². The van der Waals surface area contributed by atoms with E-state index in [1.165, 1.54) is 4.68 Å². The van der Waals surface area contributed by atoms with Crippen molar-refractivity contribution < 1.29 is 22.5 Å². The van der Waals surface area contributed by atoms with Crippen molar-refractivity contribution in [2.75, 3.05) is 0 Å². The van der Waals surface area contributed by atoms with Crippen LogP contribution in [-0.4, -0.2) is 20.8 Å². The highest BCUT2D eigenvalue weighted by molar-refractivity contribution is 5.94. The highest BCUT2D eigenvalue weighted by Crippen LogP contribution is 2.42. The number of halogens is 3. The Labute approximate surface area is 158 Å². The van der Waals surface area contributed by atoms with Gasteiger partial charge in [-0.25, -0.2) is 4.68 Å². The van der Waals surface area contributed by atoms with E-state index in [0.717, 1.165) is 24.5 Å². The fourth-order valence-electron chi connectivity index (χ4n) is 3.21. The molecule has 0 saturated heterocycles. The van der Waals surface area contributed by atoms with Gasteiger partial charge in [0, 0.05) is 18.0 Å². The molecular weight excluding hydrogens is 373 g/mol. The summed E-state index contributed by atoms with van der Waals surface area (Å²) in [4.78, 5) is 11.5. The van der Waals surface area contributed by atoms with Crippen molar-refractivity contribution in [3.8, 4) is 5.69 Å². The smallest absolute Gasteiger partial charge is 0.365 e. The number of amides is 1. The number of aryl methyl sites for hydroxylation is 1. The Morgan fingerprint density at radius 3 is 2.54 bits per heavy atom. The quantitative estimate of drug-likeness (QED) is 0.719. The monoisotopic (exact) mass is 390 g/mol. The van der Waals surface area contributed by atoms with E-state index in [1.54, 1.807) is 31.2 Å². The van der Waals surface area contributed by atoms with Crippen LogP contribution in [0.1, 0.15) is 57.5 Å². The second-order valence-electron chi connectivity index (χ2n) is 6.91. The minimum Gasteiger partial charge on any atom is -0.365 e. The number of nitrogens with two attached hydrogens (primary N) is 1. The van der Waals surface area contributed by atoms with Gasteiger partial charge >= 0.3 is 6.18 Å². The van der Waals surface area contributed by atoms with Crippen molar-refractivity contribution in [3.63, 3.8) is 0 Å². The molecule has 0 radical (unpaired) electrons. The van der Waals surface area contributed by atoms with E-state index in [0.29, 0.717) is 29.3 Å². The third-order valence-corrected chi connectivity index (χ3v) is 4.76. The molecule has 1 saturated carbocycles. The van der Waals surface area contributed by atoms with Crippen molar-refractivity contribution in [1.29, 1.82) is 0 Å². The van der Waals surface area contributed by atoms with E-state index < -0.39 is 17.8 Å². The lowest BCUT2D eigenvalue weighted by molar-refractivity contribution is -0.141. The Hall–Kier alpha value is -3.10. The molecule has 0 spiro atoms. The molecule has 1 fully saturated rings. The number of hydrogen-bond acceptors (Lipinski definition) is 4. The van der Waals surface area contributed by atoms with Gasteiger partial charge in [-0.1, -0.05) is 17.3 Å². The molecule has 2 N–H and O–H groups in total. The number of aromatic nitrogens is 3. The van der Waals surface area contributed by atoms with Crippen LogP contribution in [-0.2, 0) is 12.6 Å². The Bertz CT molecular complexity index is 1030. The number of alkyl halides is 3. The van der Waals surface area contributed by atoms with Crippen LogP contribution in [0.2, 0.25) is 0 Å². The predicted octanol–water partition coefficient (Wildman–Crippen LogP) is 3.75. The van der Waals surface area contributed by atoms with E-state index in [2.05, 4.69) is 10.3 Å². The molecule has 1 amide bonds. The Morgan fingerprint density at radius 2 is 1.96 bits per heavy atom. The predicted molar refractivity (Wildman–Crippen MR) is 93.1 cm³/mol. The largest absolute Gasteiger partial charge is 0.435 e. The van der Waals surface area contributed by atoms with E-state index >= 15 is 0 Å². The van der Waals surface area contributed by atoms with Gasteiger partial charge in [-0.15, -0.1) is 0 Å². The number of rotatable bonds is 5. The number of benzene rings is 1. The molecule has 0 bridgehead atoms. The van der Waals surface area contributed by atoms with Gasteiger partial charge < -0.3 is 10.3 Å². The van der Waals surface area contributed by atoms with Crippen LogP contribution in [0.3, 0.4) is 0 Å². The highest BCUT2D eigenvalue weighted by atomic mass is 19.4. The molecule has 9 heteroatoms. The Kier molecular flexibility index (Phi) is 4.24. The van der Waals surface area contributed by atoms with Gasteiger partial charge in [0.15, 0.2) is 5.69 Å². The Balaban J connectivity index is 1.62. The van der Waals surface area contributed by atoms with E-state index in [1.807, 2.05) is 0 Å². The second kappa shape index (κ2) is 6.50. The van der Waals surface area contributed by atoms with Crippen molar-refractivity contribution in [3.05, 3.63) is 64.3 Å². The zero-order chi connectivity index (χ0) is 20.1. The van der Waals surface area contributed by atoms with E-state index in [4.69, 9.17) is 10.3 Å². The topological polar surface area (TPSA) is 86.9 Å². The lowest BCUT2D eigenvalue weighted by atomic mass is 10.0. The van der Waals surface area contributed by atoms with Gasteiger partial charge in [0.2, 0.25) is 0 Å². The first-order valence-corrected chi connectivity index (χ1v) is 8.75. The molecule has 1 aliphatic rings. The third-order valence-electron chi connectivity index (χ3n) is 4.76. The zero-order valence-electron chi connectivity index (χ0n) is 15.0. The van der Waals surface area contributed by atoms with Crippen LogP contribution >= 0.6 is 0 Å². The first kappa shape index (κ1) is 18.3. The molecule has 3 aromatic rings. The van der Waals surface area contributed by atoms with Gasteiger partial charge in [-0.3, -0.25) is 4.79 Å². The van der Waals surface area contributed by atoms with Gasteiger partial charge in [0.05, 0.1) is 5.69 Å². The summed E-state index contributed by atoms with van der Waals surface area (Å²) in [5.41, 5.74) is 7.09. The van der Waals surface area contributed by atoms with Crippen molar-refractivity contribution in [2.24, 2.45) is 5.73 Å². The summed E-state index contributed by atoms with van der Waals surface area (Å²) < 4.78 is 45.6. The SMILES string of the molecule is Cc1onc(Cc2ccc(-n3nc(C(F)(F)F)cc3C3CC3)cc2)c1C(N)=O. The van der Waals surface area contributed by atoms with Crippen molar-refractivity contribution in [2.45, 2.75) is 38.3 Å². The fourth-order valence-corrected chi connectivity index (χ4v) is 3.21. The molecule has 2 aromatic heterocycles. The molecule has 2 heterocycles. The molecule has 4 rings (SSSR count). The lowest BCUT2D eigenvalue weighted by Crippen LogP contribution is -2.14. The molecule has 6 nitrogen and oxygen atoms in total. The summed E-state index contributed by atoms with van der Waals surface area (Å²) in [7, 11) is 0. The minimum atomic E-state index is -4.48. The molecule has 1 aromatic carbocycles. The average Bonchev–Trinajstić information content (AvgIpc) is 3.25. The molecule has 146 valence electrons. The summed E-state index contributed by atoms with van der Waals surface area (Å²) in [6.45, 7) is 1.61. The molecule has 1 aliphatic carbocycles. The molecule has 0 atom stereocenters. The minimum absolute atomic E-state index is 0.111. The summed E-state index contributed by atoms with van der Waals surface area (Å²) in [5, 5.41) is 7.64. The standard InChI is InChI=1S/C19H17F3N4O2/c1-10-17(18(23)27)14(25-28-10)8-11-2-6-13(7-3-11)26-15(12-4-5-12)9-16(24-26)19(20,21)22/h2-3,6-7,9,12H,4-5,8H2,1H3,(H2,23,27). The van der Waals surface area contributed by atoms with Crippen LogP contribution in [0.4, 0.5) is 13.2 Å². The first-order valence-electron chi connectivity index (χ1n) is 8.75. The summed E-state index contributed by atoms with van der Waals surface area (Å²) in [6, 6.07) is 8.05. The second-order valence-corrected chi connectivity index (χ2v) is 6.91. The summed E-state index contributed by atoms with van der Waals surface area (Å²) in [5.74, 6) is -0.153. The van der Waals surface area contributed by atoms with Gasteiger partial charge in [-0.05, 0) is 43.5 Å². The van der Waals surface area contributed by atoms with Gasteiger partial charge in [0.1, 0.15) is 17.0 Å².